The minimum atomic E-state index is -0.151. The van der Waals surface area contributed by atoms with E-state index >= 15 is 0 Å². The number of hydrogen-bond donors (Lipinski definition) is 2. The standard InChI is InChI=1S/C28H28N4OS/c29-23-13-14-25(24(30)18-23)33-26(27-12-7-17-34-27)19-31-15-16-32(20-31)28(21-8-3-1-4-9-21)22-10-5-2-6-11-22/h1-18,26,28H,19-20,29-30H2. The van der Waals surface area contributed by atoms with Gasteiger partial charge in [0.15, 0.2) is 6.10 Å². The molecule has 0 saturated carbocycles. The Kier molecular flexibility index (Phi) is 6.40. The van der Waals surface area contributed by atoms with Gasteiger partial charge in [0.05, 0.1) is 24.9 Å². The third-order valence-corrected chi connectivity index (χ3v) is 6.90. The van der Waals surface area contributed by atoms with Crippen LogP contribution in [0.3, 0.4) is 0 Å². The summed E-state index contributed by atoms with van der Waals surface area (Å²) in [5.41, 5.74) is 15.8. The molecule has 4 aromatic rings. The van der Waals surface area contributed by atoms with Gasteiger partial charge in [-0.2, -0.15) is 0 Å². The number of benzene rings is 3. The van der Waals surface area contributed by atoms with Gasteiger partial charge in [0.25, 0.3) is 0 Å². The molecule has 0 fully saturated rings. The Morgan fingerprint density at radius 3 is 2.15 bits per heavy atom. The molecule has 1 aliphatic heterocycles. The van der Waals surface area contributed by atoms with E-state index in [0.717, 1.165) is 11.5 Å². The molecule has 34 heavy (non-hydrogen) atoms. The lowest BCUT2D eigenvalue weighted by molar-refractivity contribution is 0.141. The van der Waals surface area contributed by atoms with E-state index in [2.05, 4.69) is 100 Å². The summed E-state index contributed by atoms with van der Waals surface area (Å²) in [6.07, 6.45) is 4.17. The van der Waals surface area contributed by atoms with Crippen LogP contribution in [-0.2, 0) is 0 Å². The zero-order chi connectivity index (χ0) is 23.3. The predicted octanol–water partition coefficient (Wildman–Crippen LogP) is 5.87. The highest BCUT2D eigenvalue weighted by atomic mass is 32.1. The maximum Gasteiger partial charge on any atom is 0.150 e. The second-order valence-corrected chi connectivity index (χ2v) is 9.35. The highest BCUT2D eigenvalue weighted by Crippen LogP contribution is 2.34. The molecular formula is C28H28N4OS. The van der Waals surface area contributed by atoms with E-state index < -0.39 is 0 Å². The van der Waals surface area contributed by atoms with E-state index in [1.807, 2.05) is 12.1 Å². The summed E-state index contributed by atoms with van der Waals surface area (Å²) >= 11 is 1.69. The van der Waals surface area contributed by atoms with Gasteiger partial charge in [-0.25, -0.2) is 0 Å². The molecule has 172 valence electrons. The Balaban J connectivity index is 1.35. The lowest BCUT2D eigenvalue weighted by Gasteiger charge is -2.32. The number of thiophene rings is 1. The minimum Gasteiger partial charge on any atom is -0.481 e. The number of rotatable bonds is 8. The Bertz CT molecular complexity index is 1190. The van der Waals surface area contributed by atoms with E-state index in [1.165, 1.54) is 11.1 Å². The molecule has 1 aromatic heterocycles. The highest BCUT2D eigenvalue weighted by Gasteiger charge is 2.27. The highest BCUT2D eigenvalue weighted by molar-refractivity contribution is 7.10. The first-order chi connectivity index (χ1) is 16.7. The van der Waals surface area contributed by atoms with Crippen molar-refractivity contribution in [1.82, 2.24) is 9.80 Å². The number of nitrogens with two attached hydrogens (primary N) is 2. The molecule has 0 saturated heterocycles. The van der Waals surface area contributed by atoms with E-state index in [0.29, 0.717) is 23.7 Å². The van der Waals surface area contributed by atoms with Crippen molar-refractivity contribution in [2.75, 3.05) is 24.7 Å². The van der Waals surface area contributed by atoms with Crippen molar-refractivity contribution in [1.29, 1.82) is 0 Å². The zero-order valence-electron chi connectivity index (χ0n) is 18.8. The molecule has 1 aliphatic rings. The van der Waals surface area contributed by atoms with Crippen LogP contribution in [0.25, 0.3) is 0 Å². The maximum absolute atomic E-state index is 6.41. The molecule has 4 N–H and O–H groups in total. The molecule has 1 unspecified atom stereocenters. The van der Waals surface area contributed by atoms with Crippen LogP contribution in [0.4, 0.5) is 11.4 Å². The fourth-order valence-corrected chi connectivity index (χ4v) is 5.06. The fourth-order valence-electron chi connectivity index (χ4n) is 4.32. The lowest BCUT2D eigenvalue weighted by Crippen LogP contribution is -2.32. The zero-order valence-corrected chi connectivity index (χ0v) is 19.6. The summed E-state index contributed by atoms with van der Waals surface area (Å²) in [6.45, 7) is 1.46. The summed E-state index contributed by atoms with van der Waals surface area (Å²) in [7, 11) is 0. The van der Waals surface area contributed by atoms with Gasteiger partial charge in [0.2, 0.25) is 0 Å². The smallest absolute Gasteiger partial charge is 0.150 e. The number of nitrogen functional groups attached to an aromatic ring is 2. The number of nitrogens with zero attached hydrogens (tertiary/aromatic N) is 2. The molecular weight excluding hydrogens is 440 g/mol. The summed E-state index contributed by atoms with van der Waals surface area (Å²) in [5, 5.41) is 2.07. The molecule has 0 amide bonds. The SMILES string of the molecule is Nc1ccc(OC(CN2C=CN(C(c3ccccc3)c3ccccc3)C2)c2cccs2)c(N)c1. The van der Waals surface area contributed by atoms with Crippen LogP contribution in [0.2, 0.25) is 0 Å². The normalized spacial score (nSPS) is 14.0. The number of ether oxygens (including phenoxy) is 1. The Labute approximate surface area is 204 Å². The average Bonchev–Trinajstić information content (AvgIpc) is 3.55. The molecule has 0 radical (unpaired) electrons. The fraction of sp³-hybridized carbons (Fsp3) is 0.143. The van der Waals surface area contributed by atoms with Crippen molar-refractivity contribution in [3.8, 4) is 5.75 Å². The Hall–Kier alpha value is -3.90. The van der Waals surface area contributed by atoms with Crippen molar-refractivity contribution in [3.63, 3.8) is 0 Å². The molecule has 1 atom stereocenters. The Morgan fingerprint density at radius 1 is 0.824 bits per heavy atom. The molecule has 6 heteroatoms. The minimum absolute atomic E-state index is 0.137. The van der Waals surface area contributed by atoms with Gasteiger partial charge in [-0.1, -0.05) is 66.7 Å². The summed E-state index contributed by atoms with van der Waals surface area (Å²) in [5.74, 6) is 0.652. The first kappa shape index (κ1) is 21.9. The largest absolute Gasteiger partial charge is 0.481 e. The van der Waals surface area contributed by atoms with Crippen molar-refractivity contribution < 1.29 is 4.74 Å². The first-order valence-corrected chi connectivity index (χ1v) is 12.2. The van der Waals surface area contributed by atoms with Crippen LogP contribution in [0.15, 0.2) is 109 Å². The Morgan fingerprint density at radius 2 is 1.53 bits per heavy atom. The van der Waals surface area contributed by atoms with Crippen LogP contribution < -0.4 is 16.2 Å². The third-order valence-electron chi connectivity index (χ3n) is 5.94. The van der Waals surface area contributed by atoms with E-state index in [9.17, 15) is 0 Å². The molecule has 0 bridgehead atoms. The number of hydrogen-bond acceptors (Lipinski definition) is 6. The summed E-state index contributed by atoms with van der Waals surface area (Å²) < 4.78 is 6.41. The topological polar surface area (TPSA) is 67.8 Å². The van der Waals surface area contributed by atoms with Crippen LogP contribution in [-0.4, -0.2) is 23.0 Å². The summed E-state index contributed by atoms with van der Waals surface area (Å²) in [6, 6.07) is 31.0. The predicted molar refractivity (Wildman–Crippen MR) is 140 cm³/mol. The third kappa shape index (κ3) is 4.87. The first-order valence-electron chi connectivity index (χ1n) is 11.3. The van der Waals surface area contributed by atoms with E-state index in [1.54, 1.807) is 17.4 Å². The second kappa shape index (κ2) is 9.93. The van der Waals surface area contributed by atoms with Gasteiger partial charge in [0.1, 0.15) is 5.75 Å². The van der Waals surface area contributed by atoms with Crippen molar-refractivity contribution in [3.05, 3.63) is 125 Å². The number of anilines is 2. The van der Waals surface area contributed by atoms with Crippen molar-refractivity contribution >= 4 is 22.7 Å². The van der Waals surface area contributed by atoms with Crippen LogP contribution in [0.1, 0.15) is 28.1 Å². The molecule has 3 aromatic carbocycles. The van der Waals surface area contributed by atoms with Crippen LogP contribution in [0, 0.1) is 0 Å². The average molecular weight is 469 g/mol. The van der Waals surface area contributed by atoms with Gasteiger partial charge in [-0.15, -0.1) is 11.3 Å². The van der Waals surface area contributed by atoms with E-state index in [-0.39, 0.29) is 12.1 Å². The van der Waals surface area contributed by atoms with Crippen LogP contribution in [0.5, 0.6) is 5.75 Å². The summed E-state index contributed by atoms with van der Waals surface area (Å²) in [4.78, 5) is 5.82. The lowest BCUT2D eigenvalue weighted by atomic mass is 9.98. The quantitative estimate of drug-likeness (QED) is 0.317. The molecule has 2 heterocycles. The monoisotopic (exact) mass is 468 g/mol. The van der Waals surface area contributed by atoms with Gasteiger partial charge < -0.3 is 26.0 Å². The van der Waals surface area contributed by atoms with Gasteiger partial charge in [-0.05, 0) is 40.8 Å². The second-order valence-electron chi connectivity index (χ2n) is 8.37. The van der Waals surface area contributed by atoms with Crippen molar-refractivity contribution in [2.45, 2.75) is 12.1 Å². The van der Waals surface area contributed by atoms with Crippen molar-refractivity contribution in [2.24, 2.45) is 0 Å². The van der Waals surface area contributed by atoms with Gasteiger partial charge in [0, 0.05) is 23.0 Å². The molecule has 0 aliphatic carbocycles. The molecule has 5 rings (SSSR count). The van der Waals surface area contributed by atoms with Gasteiger partial charge in [-0.3, -0.25) is 0 Å². The van der Waals surface area contributed by atoms with Crippen LogP contribution >= 0.6 is 11.3 Å². The molecule has 0 spiro atoms. The molecule has 5 nitrogen and oxygen atoms in total. The van der Waals surface area contributed by atoms with Gasteiger partial charge >= 0.3 is 0 Å². The van der Waals surface area contributed by atoms with E-state index in [4.69, 9.17) is 16.2 Å². The maximum atomic E-state index is 6.41.